The molecule has 6 heteroatoms. The Kier molecular flexibility index (Phi) is 5.37. The van der Waals surface area contributed by atoms with Gasteiger partial charge in [-0.05, 0) is 19.0 Å². The van der Waals surface area contributed by atoms with E-state index < -0.39 is 10.0 Å². The first-order chi connectivity index (χ1) is 8.40. The molecular weight excluding hydrogens is 250 g/mol. The minimum atomic E-state index is -3.38. The van der Waals surface area contributed by atoms with E-state index >= 15 is 0 Å². The molecule has 1 atom stereocenters. The molecule has 2 N–H and O–H groups in total. The lowest BCUT2D eigenvalue weighted by atomic mass is 10.1. The zero-order chi connectivity index (χ0) is 13.8. The second-order valence-electron chi connectivity index (χ2n) is 4.67. The van der Waals surface area contributed by atoms with Crippen molar-refractivity contribution in [3.63, 3.8) is 0 Å². The van der Waals surface area contributed by atoms with Crippen LogP contribution >= 0.6 is 0 Å². The van der Waals surface area contributed by atoms with Gasteiger partial charge in [0.1, 0.15) is 0 Å². The summed E-state index contributed by atoms with van der Waals surface area (Å²) in [4.78, 5) is 0.332. The van der Waals surface area contributed by atoms with Crippen molar-refractivity contribution >= 4 is 10.0 Å². The minimum Gasteiger partial charge on any atom is -0.352 e. The zero-order valence-corrected chi connectivity index (χ0v) is 12.3. The zero-order valence-electron chi connectivity index (χ0n) is 11.5. The molecule has 1 unspecified atom stereocenters. The summed E-state index contributed by atoms with van der Waals surface area (Å²) in [5, 5.41) is 3.01. The third kappa shape index (κ3) is 3.83. The van der Waals surface area contributed by atoms with Crippen LogP contribution in [0.5, 0.6) is 0 Å². The van der Waals surface area contributed by atoms with Crippen molar-refractivity contribution in [1.29, 1.82) is 0 Å². The van der Waals surface area contributed by atoms with Crippen LogP contribution in [0.25, 0.3) is 0 Å². The number of hydrogen-bond donors (Lipinski definition) is 2. The number of hydrogen-bond acceptors (Lipinski definition) is 3. The molecule has 104 valence electrons. The van der Waals surface area contributed by atoms with E-state index in [4.69, 9.17) is 0 Å². The first-order valence-corrected chi connectivity index (χ1v) is 7.68. The number of nitrogens with one attached hydrogen (secondary N) is 2. The summed E-state index contributed by atoms with van der Waals surface area (Å²) in [7, 11) is 0.299. The second-order valence-corrected chi connectivity index (χ2v) is 6.44. The summed E-state index contributed by atoms with van der Waals surface area (Å²) < 4.78 is 28.6. The van der Waals surface area contributed by atoms with Crippen LogP contribution in [0.4, 0.5) is 0 Å². The van der Waals surface area contributed by atoms with E-state index in [0.29, 0.717) is 23.9 Å². The number of aryl methyl sites for hydroxylation is 1. The first-order valence-electron chi connectivity index (χ1n) is 6.20. The summed E-state index contributed by atoms with van der Waals surface area (Å²) in [5.74, 6) is 0.347. The normalized spacial score (nSPS) is 13.8. The maximum absolute atomic E-state index is 12.1. The molecule has 0 bridgehead atoms. The van der Waals surface area contributed by atoms with Crippen molar-refractivity contribution < 1.29 is 8.42 Å². The van der Waals surface area contributed by atoms with Gasteiger partial charge in [-0.1, -0.05) is 20.3 Å². The van der Waals surface area contributed by atoms with E-state index in [0.717, 1.165) is 12.1 Å². The van der Waals surface area contributed by atoms with Crippen LogP contribution in [0, 0.1) is 5.92 Å². The van der Waals surface area contributed by atoms with Gasteiger partial charge in [0.25, 0.3) is 0 Å². The summed E-state index contributed by atoms with van der Waals surface area (Å²) in [5.41, 5.74) is 0.946. The van der Waals surface area contributed by atoms with E-state index in [1.54, 1.807) is 12.3 Å². The third-order valence-corrected chi connectivity index (χ3v) is 4.46. The molecule has 0 saturated heterocycles. The number of rotatable bonds is 7. The van der Waals surface area contributed by atoms with Gasteiger partial charge in [-0.2, -0.15) is 0 Å². The molecule has 1 heterocycles. The van der Waals surface area contributed by atoms with Crippen LogP contribution in [-0.4, -0.2) is 26.6 Å². The minimum absolute atomic E-state index is 0.332. The van der Waals surface area contributed by atoms with Gasteiger partial charge in [0.05, 0.1) is 4.90 Å². The SMILES string of the molecule is CCC(C)CNS(=O)(=O)c1cc(CNC)n(C)c1. The van der Waals surface area contributed by atoms with Gasteiger partial charge in [0.2, 0.25) is 10.0 Å². The molecule has 5 nitrogen and oxygen atoms in total. The number of sulfonamides is 1. The van der Waals surface area contributed by atoms with Gasteiger partial charge in [0, 0.05) is 32.0 Å². The van der Waals surface area contributed by atoms with Crippen LogP contribution in [0.15, 0.2) is 17.2 Å². The Morgan fingerprint density at radius 3 is 2.67 bits per heavy atom. The van der Waals surface area contributed by atoms with Crippen molar-refractivity contribution in [2.45, 2.75) is 31.7 Å². The maximum atomic E-state index is 12.1. The Morgan fingerprint density at radius 2 is 2.11 bits per heavy atom. The maximum Gasteiger partial charge on any atom is 0.242 e. The summed E-state index contributed by atoms with van der Waals surface area (Å²) >= 11 is 0. The Morgan fingerprint density at radius 1 is 1.44 bits per heavy atom. The average molecular weight is 273 g/mol. The monoisotopic (exact) mass is 273 g/mol. The van der Waals surface area contributed by atoms with Crippen LogP contribution in [0.2, 0.25) is 0 Å². The average Bonchev–Trinajstić information content (AvgIpc) is 2.69. The molecular formula is C12H23N3O2S. The Hall–Kier alpha value is -0.850. The second kappa shape index (κ2) is 6.36. The van der Waals surface area contributed by atoms with E-state index in [1.807, 2.05) is 32.5 Å². The quantitative estimate of drug-likeness (QED) is 0.781. The molecule has 0 aliphatic carbocycles. The molecule has 0 amide bonds. The lowest BCUT2D eigenvalue weighted by Gasteiger charge is -2.09. The van der Waals surface area contributed by atoms with E-state index in [1.165, 1.54) is 0 Å². The highest BCUT2D eigenvalue weighted by Gasteiger charge is 2.17. The van der Waals surface area contributed by atoms with Gasteiger partial charge in [-0.3, -0.25) is 0 Å². The Labute approximate surface area is 110 Å². The molecule has 0 aliphatic heterocycles. The standard InChI is InChI=1S/C12H23N3O2S/c1-5-10(2)7-14-18(16,17)12-6-11(8-13-3)15(4)9-12/h6,9-10,13-14H,5,7-8H2,1-4H3. The molecule has 1 rings (SSSR count). The Balaban J connectivity index is 2.82. The van der Waals surface area contributed by atoms with E-state index in [2.05, 4.69) is 10.0 Å². The van der Waals surface area contributed by atoms with E-state index in [9.17, 15) is 8.42 Å². The van der Waals surface area contributed by atoms with Crippen LogP contribution in [-0.2, 0) is 23.6 Å². The number of nitrogens with zero attached hydrogens (tertiary/aromatic N) is 1. The largest absolute Gasteiger partial charge is 0.352 e. The van der Waals surface area contributed by atoms with Crippen LogP contribution in [0.1, 0.15) is 26.0 Å². The van der Waals surface area contributed by atoms with Gasteiger partial charge in [-0.25, -0.2) is 13.1 Å². The molecule has 0 saturated carbocycles. The van der Waals surface area contributed by atoms with Crippen LogP contribution in [0.3, 0.4) is 0 Å². The Bertz CT molecular complexity index is 480. The predicted octanol–water partition coefficient (Wildman–Crippen LogP) is 1.07. The smallest absolute Gasteiger partial charge is 0.242 e. The highest BCUT2D eigenvalue weighted by atomic mass is 32.2. The third-order valence-electron chi connectivity index (χ3n) is 3.07. The molecule has 1 aromatic rings. The molecule has 0 fully saturated rings. The lowest BCUT2D eigenvalue weighted by molar-refractivity contribution is 0.528. The van der Waals surface area contributed by atoms with Gasteiger partial charge in [-0.15, -0.1) is 0 Å². The van der Waals surface area contributed by atoms with Gasteiger partial charge < -0.3 is 9.88 Å². The summed E-state index contributed by atoms with van der Waals surface area (Å²) in [6, 6.07) is 1.70. The predicted molar refractivity (Wildman–Crippen MR) is 72.8 cm³/mol. The van der Waals surface area contributed by atoms with Crippen molar-refractivity contribution in [3.05, 3.63) is 18.0 Å². The summed E-state index contributed by atoms with van der Waals surface area (Å²) in [6.07, 6.45) is 2.61. The molecule has 0 spiro atoms. The fraction of sp³-hybridized carbons (Fsp3) is 0.667. The topological polar surface area (TPSA) is 63.1 Å². The lowest BCUT2D eigenvalue weighted by Crippen LogP contribution is -2.28. The van der Waals surface area contributed by atoms with E-state index in [-0.39, 0.29) is 0 Å². The highest BCUT2D eigenvalue weighted by Crippen LogP contribution is 2.13. The van der Waals surface area contributed by atoms with Crippen molar-refractivity contribution in [2.75, 3.05) is 13.6 Å². The molecule has 1 aromatic heterocycles. The number of aromatic nitrogens is 1. The fourth-order valence-corrected chi connectivity index (χ4v) is 2.82. The van der Waals surface area contributed by atoms with Crippen molar-refractivity contribution in [3.8, 4) is 0 Å². The van der Waals surface area contributed by atoms with Gasteiger partial charge in [0.15, 0.2) is 0 Å². The molecule has 18 heavy (non-hydrogen) atoms. The highest BCUT2D eigenvalue weighted by molar-refractivity contribution is 7.89. The molecule has 0 aliphatic rings. The van der Waals surface area contributed by atoms with Gasteiger partial charge >= 0.3 is 0 Å². The van der Waals surface area contributed by atoms with Crippen LogP contribution < -0.4 is 10.0 Å². The van der Waals surface area contributed by atoms with Crippen molar-refractivity contribution in [1.82, 2.24) is 14.6 Å². The molecule has 0 aromatic carbocycles. The summed E-state index contributed by atoms with van der Waals surface area (Å²) in [6.45, 7) is 5.21. The van der Waals surface area contributed by atoms with Crippen molar-refractivity contribution in [2.24, 2.45) is 13.0 Å². The first kappa shape index (κ1) is 15.2. The fourth-order valence-electron chi connectivity index (χ4n) is 1.56. The molecule has 0 radical (unpaired) electrons.